The number of pyridine rings is 1. The molecule has 0 aromatic carbocycles. The third kappa shape index (κ3) is 2.73. The monoisotopic (exact) mass is 365 g/mol. The van der Waals surface area contributed by atoms with Crippen LogP contribution in [0.5, 0.6) is 0 Å². The van der Waals surface area contributed by atoms with Crippen LogP contribution in [0.25, 0.3) is 22.3 Å². The lowest BCUT2D eigenvalue weighted by Crippen LogP contribution is -2.30. The lowest BCUT2D eigenvalue weighted by molar-refractivity contribution is 0.313. The summed E-state index contributed by atoms with van der Waals surface area (Å²) in [4.78, 5) is 10.8. The fraction of sp³-hybridized carbons (Fsp3) is 0.316. The highest BCUT2D eigenvalue weighted by atomic mass is 19.1. The zero-order chi connectivity index (χ0) is 18.5. The molecule has 5 heterocycles. The Morgan fingerprint density at radius 3 is 2.89 bits per heavy atom. The maximum absolute atomic E-state index is 14.1. The van der Waals surface area contributed by atoms with Gasteiger partial charge >= 0.3 is 0 Å². The summed E-state index contributed by atoms with van der Waals surface area (Å²) < 4.78 is 17.9. The number of nitrogens with one attached hydrogen (secondary N) is 1. The lowest BCUT2D eigenvalue weighted by Gasteiger charge is -2.15. The number of rotatable bonds is 3. The second kappa shape index (κ2) is 6.02. The maximum Gasteiger partial charge on any atom is 0.241 e. The first-order valence-electron chi connectivity index (χ1n) is 8.97. The zero-order valence-corrected chi connectivity index (χ0v) is 15.2. The van der Waals surface area contributed by atoms with Gasteiger partial charge in [0.2, 0.25) is 5.95 Å². The molecule has 0 amide bonds. The molecule has 1 N–H and O–H groups in total. The molecule has 1 fully saturated rings. The number of likely N-dealkylation sites (N-methyl/N-ethyl adjacent to an activating group) is 1. The third-order valence-corrected chi connectivity index (χ3v) is 5.13. The number of aromatic nitrogens is 5. The Hall–Kier alpha value is -3.00. The number of hydrogen-bond acceptors (Lipinski definition) is 5. The van der Waals surface area contributed by atoms with E-state index in [1.165, 1.54) is 0 Å². The number of anilines is 1. The molecule has 7 nitrogen and oxygen atoms in total. The lowest BCUT2D eigenvalue weighted by atomic mass is 10.1. The van der Waals surface area contributed by atoms with Crippen molar-refractivity contribution in [1.29, 1.82) is 0 Å². The van der Waals surface area contributed by atoms with Gasteiger partial charge in [-0.3, -0.25) is 0 Å². The second-order valence-corrected chi connectivity index (χ2v) is 7.14. The summed E-state index contributed by atoms with van der Waals surface area (Å²) in [6.45, 7) is 3.03. The standard InChI is InChI=1S/C19H20FN7/c1-12-18-14(13-3-4-17-21-6-8-26(17)9-13)5-7-27(18)24-19(22-12)23-16-11-25(2)10-15(16)20/h3-9,15-16H,10-11H2,1-2H3,(H,23,24). The molecule has 4 aromatic heterocycles. The smallest absolute Gasteiger partial charge is 0.241 e. The van der Waals surface area contributed by atoms with Gasteiger partial charge in [-0.15, -0.1) is 5.10 Å². The number of nitrogens with zero attached hydrogens (tertiary/aromatic N) is 6. The average Bonchev–Trinajstić information content (AvgIpc) is 3.33. The van der Waals surface area contributed by atoms with Gasteiger partial charge in [-0.1, -0.05) is 0 Å². The molecule has 0 aliphatic carbocycles. The van der Waals surface area contributed by atoms with Crippen LogP contribution < -0.4 is 5.32 Å². The molecule has 0 spiro atoms. The van der Waals surface area contributed by atoms with Crippen molar-refractivity contribution in [1.82, 2.24) is 28.9 Å². The molecule has 2 unspecified atom stereocenters. The van der Waals surface area contributed by atoms with Crippen molar-refractivity contribution in [2.24, 2.45) is 0 Å². The Labute approximate surface area is 155 Å². The van der Waals surface area contributed by atoms with E-state index in [0.717, 1.165) is 28.0 Å². The van der Waals surface area contributed by atoms with Crippen molar-refractivity contribution in [3.8, 4) is 11.1 Å². The van der Waals surface area contributed by atoms with Gasteiger partial charge in [-0.25, -0.2) is 18.9 Å². The van der Waals surface area contributed by atoms with E-state index >= 15 is 0 Å². The summed E-state index contributed by atoms with van der Waals surface area (Å²) in [5.41, 5.74) is 4.82. The second-order valence-electron chi connectivity index (χ2n) is 7.14. The molecule has 4 aromatic rings. The van der Waals surface area contributed by atoms with Gasteiger partial charge in [0.1, 0.15) is 11.8 Å². The predicted molar refractivity (Wildman–Crippen MR) is 102 cm³/mol. The molecule has 0 bridgehead atoms. The molecule has 27 heavy (non-hydrogen) atoms. The quantitative estimate of drug-likeness (QED) is 0.604. The number of halogens is 1. The number of hydrogen-bond donors (Lipinski definition) is 1. The fourth-order valence-corrected chi connectivity index (χ4v) is 3.83. The Kier molecular flexibility index (Phi) is 3.61. The van der Waals surface area contributed by atoms with Crippen LogP contribution in [0.1, 0.15) is 5.69 Å². The number of alkyl halides is 1. The molecule has 0 saturated carbocycles. The largest absolute Gasteiger partial charge is 0.346 e. The summed E-state index contributed by atoms with van der Waals surface area (Å²) in [5, 5.41) is 7.70. The molecule has 1 aliphatic rings. The SMILES string of the molecule is Cc1nc(NC2CN(C)CC2F)nn2ccc(-c3ccc4nccn4c3)c12. The normalized spacial score (nSPS) is 20.7. The average molecular weight is 365 g/mol. The summed E-state index contributed by atoms with van der Waals surface area (Å²) in [7, 11) is 1.92. The van der Waals surface area contributed by atoms with Gasteiger partial charge in [-0.2, -0.15) is 0 Å². The molecule has 1 saturated heterocycles. The summed E-state index contributed by atoms with van der Waals surface area (Å²) in [6.07, 6.45) is 6.75. The third-order valence-electron chi connectivity index (χ3n) is 5.13. The highest BCUT2D eigenvalue weighted by Gasteiger charge is 2.31. The Morgan fingerprint density at radius 2 is 2.07 bits per heavy atom. The van der Waals surface area contributed by atoms with E-state index in [1.807, 2.05) is 64.6 Å². The molecule has 2 atom stereocenters. The van der Waals surface area contributed by atoms with E-state index in [9.17, 15) is 4.39 Å². The van der Waals surface area contributed by atoms with Crippen LogP contribution in [0.3, 0.4) is 0 Å². The first-order chi connectivity index (χ1) is 13.1. The summed E-state index contributed by atoms with van der Waals surface area (Å²) in [5.74, 6) is 0.454. The van der Waals surface area contributed by atoms with E-state index in [-0.39, 0.29) is 6.04 Å². The highest BCUT2D eigenvalue weighted by Crippen LogP contribution is 2.28. The number of likely N-dealkylation sites (tertiary alicyclic amines) is 1. The molecular weight excluding hydrogens is 345 g/mol. The first kappa shape index (κ1) is 16.2. The van der Waals surface area contributed by atoms with Crippen LogP contribution in [0, 0.1) is 6.92 Å². The van der Waals surface area contributed by atoms with Crippen molar-refractivity contribution in [2.45, 2.75) is 19.1 Å². The summed E-state index contributed by atoms with van der Waals surface area (Å²) in [6, 6.07) is 5.78. The molecular formula is C19H20FN7. The molecule has 1 aliphatic heterocycles. The number of imidazole rings is 1. The molecule has 5 rings (SSSR count). The van der Waals surface area contributed by atoms with Crippen LogP contribution in [0.4, 0.5) is 10.3 Å². The maximum atomic E-state index is 14.1. The zero-order valence-electron chi connectivity index (χ0n) is 15.2. The van der Waals surface area contributed by atoms with Crippen molar-refractivity contribution >= 4 is 17.1 Å². The van der Waals surface area contributed by atoms with Crippen molar-refractivity contribution in [3.05, 3.63) is 48.7 Å². The van der Waals surface area contributed by atoms with Crippen LogP contribution in [-0.2, 0) is 0 Å². The van der Waals surface area contributed by atoms with E-state index < -0.39 is 6.17 Å². The van der Waals surface area contributed by atoms with Gasteiger partial charge < -0.3 is 14.6 Å². The molecule has 0 radical (unpaired) electrons. The van der Waals surface area contributed by atoms with Gasteiger partial charge in [0.05, 0.1) is 17.3 Å². The van der Waals surface area contributed by atoms with Crippen molar-refractivity contribution in [2.75, 3.05) is 25.5 Å². The minimum Gasteiger partial charge on any atom is -0.346 e. The molecule has 8 heteroatoms. The minimum atomic E-state index is -0.920. The topological polar surface area (TPSA) is 62.8 Å². The van der Waals surface area contributed by atoms with E-state index in [2.05, 4.69) is 20.4 Å². The van der Waals surface area contributed by atoms with Crippen molar-refractivity contribution < 1.29 is 4.39 Å². The van der Waals surface area contributed by atoms with Crippen LogP contribution in [0.2, 0.25) is 0 Å². The van der Waals surface area contributed by atoms with E-state index in [0.29, 0.717) is 19.0 Å². The van der Waals surface area contributed by atoms with Gasteiger partial charge in [0, 0.05) is 49.0 Å². The van der Waals surface area contributed by atoms with Crippen LogP contribution in [0.15, 0.2) is 43.0 Å². The van der Waals surface area contributed by atoms with Crippen molar-refractivity contribution in [3.63, 3.8) is 0 Å². The predicted octanol–water partition coefficient (Wildman–Crippen LogP) is 2.42. The minimum absolute atomic E-state index is 0.287. The number of fused-ring (bicyclic) bond motifs is 2. The van der Waals surface area contributed by atoms with Crippen LogP contribution in [-0.4, -0.2) is 61.2 Å². The Bertz CT molecular complexity index is 1130. The highest BCUT2D eigenvalue weighted by molar-refractivity contribution is 5.82. The van der Waals surface area contributed by atoms with E-state index in [4.69, 9.17) is 0 Å². The van der Waals surface area contributed by atoms with E-state index in [1.54, 1.807) is 6.20 Å². The molecule has 138 valence electrons. The summed E-state index contributed by atoms with van der Waals surface area (Å²) >= 11 is 0. The Balaban J connectivity index is 1.53. The van der Waals surface area contributed by atoms with Gasteiger partial charge in [0.15, 0.2) is 0 Å². The first-order valence-corrected chi connectivity index (χ1v) is 8.97. The van der Waals surface area contributed by atoms with Gasteiger partial charge in [0.25, 0.3) is 0 Å². The van der Waals surface area contributed by atoms with Gasteiger partial charge in [-0.05, 0) is 32.2 Å². The Morgan fingerprint density at radius 1 is 1.19 bits per heavy atom. The fourth-order valence-electron chi connectivity index (χ4n) is 3.83. The number of aryl methyl sites for hydroxylation is 1. The van der Waals surface area contributed by atoms with Crippen LogP contribution >= 0.6 is 0 Å².